The van der Waals surface area contributed by atoms with Gasteiger partial charge < -0.3 is 5.32 Å². The van der Waals surface area contributed by atoms with Crippen LogP contribution in [0.1, 0.15) is 27.2 Å². The summed E-state index contributed by atoms with van der Waals surface area (Å²) in [5, 5.41) is 7.22. The molecule has 114 valence electrons. The van der Waals surface area contributed by atoms with Gasteiger partial charge in [-0.2, -0.15) is 5.10 Å². The second-order valence-corrected chi connectivity index (χ2v) is 5.64. The molecule has 5 heteroatoms. The predicted molar refractivity (Wildman–Crippen MR) is 86.6 cm³/mol. The van der Waals surface area contributed by atoms with E-state index in [1.54, 1.807) is 12.4 Å². The van der Waals surface area contributed by atoms with Gasteiger partial charge in [0.15, 0.2) is 0 Å². The number of carbonyl (C=O) groups is 1. The van der Waals surface area contributed by atoms with E-state index in [2.05, 4.69) is 33.6 Å². The molecule has 23 heavy (non-hydrogen) atoms. The van der Waals surface area contributed by atoms with Crippen molar-refractivity contribution in [1.29, 1.82) is 0 Å². The lowest BCUT2D eigenvalue weighted by atomic mass is 10.1. The molecule has 0 radical (unpaired) electrons. The van der Waals surface area contributed by atoms with Crippen molar-refractivity contribution in [2.45, 2.75) is 12.8 Å². The molecule has 1 amide bonds. The first-order valence-electron chi connectivity index (χ1n) is 7.64. The SMILES string of the molecule is O=C1NCCc2c1cnn2-c1cncc(Cc2ccccc2)c1. The highest BCUT2D eigenvalue weighted by Crippen LogP contribution is 2.19. The largest absolute Gasteiger partial charge is 0.352 e. The van der Waals surface area contributed by atoms with Crippen LogP contribution in [0.2, 0.25) is 0 Å². The quantitative estimate of drug-likeness (QED) is 0.806. The van der Waals surface area contributed by atoms with E-state index < -0.39 is 0 Å². The van der Waals surface area contributed by atoms with Gasteiger partial charge in [-0.25, -0.2) is 4.68 Å². The molecule has 0 bridgehead atoms. The smallest absolute Gasteiger partial charge is 0.254 e. The van der Waals surface area contributed by atoms with Crippen molar-refractivity contribution in [2.75, 3.05) is 6.54 Å². The van der Waals surface area contributed by atoms with Crippen molar-refractivity contribution in [3.63, 3.8) is 0 Å². The van der Waals surface area contributed by atoms with Gasteiger partial charge in [-0.05, 0) is 23.6 Å². The first-order chi connectivity index (χ1) is 11.3. The van der Waals surface area contributed by atoms with Gasteiger partial charge in [0.25, 0.3) is 5.91 Å². The fourth-order valence-electron chi connectivity index (χ4n) is 2.93. The third-order valence-corrected chi connectivity index (χ3v) is 4.04. The summed E-state index contributed by atoms with van der Waals surface area (Å²) in [5.41, 5.74) is 4.87. The number of fused-ring (bicyclic) bond motifs is 1. The van der Waals surface area contributed by atoms with E-state index in [0.717, 1.165) is 29.8 Å². The first kappa shape index (κ1) is 13.7. The summed E-state index contributed by atoms with van der Waals surface area (Å²) in [4.78, 5) is 16.2. The summed E-state index contributed by atoms with van der Waals surface area (Å²) < 4.78 is 1.83. The van der Waals surface area contributed by atoms with E-state index in [9.17, 15) is 4.79 Å². The van der Waals surface area contributed by atoms with Crippen molar-refractivity contribution >= 4 is 5.91 Å². The minimum atomic E-state index is -0.0501. The first-order valence-corrected chi connectivity index (χ1v) is 7.64. The molecule has 1 aromatic carbocycles. The third-order valence-electron chi connectivity index (χ3n) is 4.04. The van der Waals surface area contributed by atoms with E-state index in [1.807, 2.05) is 29.1 Å². The molecular weight excluding hydrogens is 288 g/mol. The van der Waals surface area contributed by atoms with Crippen LogP contribution in [0.4, 0.5) is 0 Å². The molecule has 0 aliphatic carbocycles. The molecule has 0 unspecified atom stereocenters. The summed E-state index contributed by atoms with van der Waals surface area (Å²) in [6.07, 6.45) is 6.90. The Bertz CT molecular complexity index is 854. The number of pyridine rings is 1. The summed E-state index contributed by atoms with van der Waals surface area (Å²) in [5.74, 6) is -0.0501. The monoisotopic (exact) mass is 304 g/mol. The molecule has 2 aromatic heterocycles. The Morgan fingerprint density at radius 2 is 1.96 bits per heavy atom. The molecule has 3 aromatic rings. The van der Waals surface area contributed by atoms with Crippen LogP contribution in [-0.2, 0) is 12.8 Å². The molecule has 0 fully saturated rings. The van der Waals surface area contributed by atoms with Crippen LogP contribution >= 0.6 is 0 Å². The lowest BCUT2D eigenvalue weighted by molar-refractivity contribution is 0.0945. The lowest BCUT2D eigenvalue weighted by Crippen LogP contribution is -2.32. The second-order valence-electron chi connectivity index (χ2n) is 5.64. The molecule has 1 N–H and O–H groups in total. The molecule has 0 saturated heterocycles. The maximum atomic E-state index is 11.9. The number of amides is 1. The number of hydrogen-bond donors (Lipinski definition) is 1. The zero-order chi connectivity index (χ0) is 15.6. The minimum absolute atomic E-state index is 0.0501. The van der Waals surface area contributed by atoms with Gasteiger partial charge in [-0.3, -0.25) is 9.78 Å². The Morgan fingerprint density at radius 3 is 2.83 bits per heavy atom. The van der Waals surface area contributed by atoms with E-state index in [0.29, 0.717) is 12.1 Å². The van der Waals surface area contributed by atoms with Crippen LogP contribution in [-0.4, -0.2) is 27.2 Å². The molecule has 4 rings (SSSR count). The number of benzene rings is 1. The van der Waals surface area contributed by atoms with Crippen molar-refractivity contribution in [2.24, 2.45) is 0 Å². The average Bonchev–Trinajstić information content (AvgIpc) is 3.02. The average molecular weight is 304 g/mol. The van der Waals surface area contributed by atoms with Crippen LogP contribution < -0.4 is 5.32 Å². The second kappa shape index (κ2) is 5.68. The van der Waals surface area contributed by atoms with E-state index in [1.165, 1.54) is 5.56 Å². The highest BCUT2D eigenvalue weighted by atomic mass is 16.1. The van der Waals surface area contributed by atoms with Crippen LogP contribution in [0.3, 0.4) is 0 Å². The molecule has 3 heterocycles. The van der Waals surface area contributed by atoms with E-state index in [-0.39, 0.29) is 5.91 Å². The van der Waals surface area contributed by atoms with Gasteiger partial charge in [0, 0.05) is 19.2 Å². The Morgan fingerprint density at radius 1 is 1.09 bits per heavy atom. The Hall–Kier alpha value is -2.95. The topological polar surface area (TPSA) is 59.8 Å². The Labute approximate surface area is 134 Å². The third kappa shape index (κ3) is 2.61. The maximum absolute atomic E-state index is 11.9. The fraction of sp³-hybridized carbons (Fsp3) is 0.167. The van der Waals surface area contributed by atoms with Crippen LogP contribution in [0.25, 0.3) is 5.69 Å². The molecule has 0 atom stereocenters. The van der Waals surface area contributed by atoms with Gasteiger partial charge in [0.1, 0.15) is 0 Å². The zero-order valence-corrected chi connectivity index (χ0v) is 12.6. The number of carbonyl (C=O) groups excluding carboxylic acids is 1. The molecule has 0 spiro atoms. The van der Waals surface area contributed by atoms with Crippen molar-refractivity contribution in [1.82, 2.24) is 20.1 Å². The van der Waals surface area contributed by atoms with Gasteiger partial charge >= 0.3 is 0 Å². The van der Waals surface area contributed by atoms with Gasteiger partial charge in [0.2, 0.25) is 0 Å². The fourth-order valence-corrected chi connectivity index (χ4v) is 2.93. The highest BCUT2D eigenvalue weighted by molar-refractivity contribution is 5.96. The number of aromatic nitrogens is 3. The van der Waals surface area contributed by atoms with E-state index >= 15 is 0 Å². The molecule has 5 nitrogen and oxygen atoms in total. The number of nitrogens with one attached hydrogen (secondary N) is 1. The van der Waals surface area contributed by atoms with Crippen molar-refractivity contribution in [3.05, 3.63) is 77.4 Å². The molecule has 1 aliphatic heterocycles. The number of nitrogens with zero attached hydrogens (tertiary/aromatic N) is 3. The van der Waals surface area contributed by atoms with Crippen molar-refractivity contribution < 1.29 is 4.79 Å². The summed E-state index contributed by atoms with van der Waals surface area (Å²) in [6.45, 7) is 0.647. The van der Waals surface area contributed by atoms with Gasteiger partial charge in [0.05, 0.1) is 29.3 Å². The van der Waals surface area contributed by atoms with E-state index in [4.69, 9.17) is 0 Å². The Kier molecular flexibility index (Phi) is 3.38. The minimum Gasteiger partial charge on any atom is -0.352 e. The predicted octanol–water partition coefficient (Wildman–Crippen LogP) is 2.14. The van der Waals surface area contributed by atoms with Crippen LogP contribution in [0.15, 0.2) is 55.0 Å². The van der Waals surface area contributed by atoms with Gasteiger partial charge in [-0.1, -0.05) is 30.3 Å². The standard InChI is InChI=1S/C18H16N4O/c23-18-16-12-21-22(17(16)6-7-20-18)15-9-14(10-19-11-15)8-13-4-2-1-3-5-13/h1-5,9-12H,6-8H2,(H,20,23). The van der Waals surface area contributed by atoms with Crippen LogP contribution in [0.5, 0.6) is 0 Å². The zero-order valence-electron chi connectivity index (χ0n) is 12.6. The number of hydrogen-bond acceptors (Lipinski definition) is 3. The van der Waals surface area contributed by atoms with Crippen molar-refractivity contribution in [3.8, 4) is 5.69 Å². The van der Waals surface area contributed by atoms with Gasteiger partial charge in [-0.15, -0.1) is 0 Å². The molecule has 0 saturated carbocycles. The summed E-state index contributed by atoms with van der Waals surface area (Å²) >= 11 is 0. The number of rotatable bonds is 3. The normalized spacial score (nSPS) is 13.5. The summed E-state index contributed by atoms with van der Waals surface area (Å²) in [7, 11) is 0. The Balaban J connectivity index is 1.68. The van der Waals surface area contributed by atoms with Crippen LogP contribution in [0, 0.1) is 0 Å². The maximum Gasteiger partial charge on any atom is 0.254 e. The molecular formula is C18H16N4O. The lowest BCUT2D eigenvalue weighted by Gasteiger charge is -2.15. The molecule has 1 aliphatic rings. The highest BCUT2D eigenvalue weighted by Gasteiger charge is 2.22. The summed E-state index contributed by atoms with van der Waals surface area (Å²) in [6, 6.07) is 12.4.